The molecule has 1 atom stereocenters. The molecule has 1 aliphatic rings. The highest BCUT2D eigenvalue weighted by molar-refractivity contribution is 5.96. The van der Waals surface area contributed by atoms with E-state index in [-0.39, 0.29) is 18.6 Å². The summed E-state index contributed by atoms with van der Waals surface area (Å²) in [6, 6.07) is 1.63. The zero-order chi connectivity index (χ0) is 14.2. The topological polar surface area (TPSA) is 86.5 Å². The first-order valence-corrected chi connectivity index (χ1v) is 6.41. The highest BCUT2D eigenvalue weighted by Gasteiger charge is 2.16. The first kappa shape index (κ1) is 14.5. The third kappa shape index (κ3) is 4.03. The van der Waals surface area contributed by atoms with Gasteiger partial charge in [0.15, 0.2) is 0 Å². The number of nitrogens with two attached hydrogens (primary N) is 1. The van der Waals surface area contributed by atoms with Gasteiger partial charge in [-0.15, -0.1) is 0 Å². The molecule has 0 aliphatic carbocycles. The van der Waals surface area contributed by atoms with Gasteiger partial charge in [0.2, 0.25) is 0 Å². The van der Waals surface area contributed by atoms with E-state index in [0.29, 0.717) is 37.5 Å². The monoisotopic (exact) mass is 275 g/mol. The molecule has 0 aromatic carbocycles. The molecule has 2 rings (SSSR count). The van der Waals surface area contributed by atoms with Crippen molar-refractivity contribution in [1.29, 1.82) is 0 Å². The van der Waals surface area contributed by atoms with Crippen LogP contribution in [0, 0.1) is 11.8 Å². The van der Waals surface area contributed by atoms with Crippen molar-refractivity contribution < 1.29 is 14.3 Å². The van der Waals surface area contributed by atoms with Crippen LogP contribution in [0.2, 0.25) is 0 Å². The molecule has 2 heterocycles. The largest absolute Gasteiger partial charge is 0.376 e. The van der Waals surface area contributed by atoms with Gasteiger partial charge in [0.05, 0.1) is 43.6 Å². The fourth-order valence-corrected chi connectivity index (χ4v) is 1.79. The van der Waals surface area contributed by atoms with Crippen LogP contribution in [-0.4, -0.2) is 49.9 Å². The van der Waals surface area contributed by atoms with Crippen molar-refractivity contribution >= 4 is 5.91 Å². The molecule has 0 spiro atoms. The van der Waals surface area contributed by atoms with Crippen molar-refractivity contribution in [2.75, 3.05) is 32.9 Å². The zero-order valence-electron chi connectivity index (χ0n) is 11.1. The second-order valence-electron chi connectivity index (χ2n) is 4.20. The van der Waals surface area contributed by atoms with Crippen molar-refractivity contribution in [2.45, 2.75) is 6.10 Å². The number of hydrogen-bond acceptors (Lipinski definition) is 5. The van der Waals surface area contributed by atoms with E-state index in [1.165, 1.54) is 0 Å². The Morgan fingerprint density at radius 3 is 3.20 bits per heavy atom. The van der Waals surface area contributed by atoms with Crippen LogP contribution in [0.1, 0.15) is 15.9 Å². The minimum atomic E-state index is -0.206. The molecule has 0 radical (unpaired) electrons. The maximum Gasteiger partial charge on any atom is 0.252 e. The minimum Gasteiger partial charge on any atom is -0.376 e. The molecule has 6 nitrogen and oxygen atoms in total. The van der Waals surface area contributed by atoms with Gasteiger partial charge in [-0.25, -0.2) is 0 Å². The summed E-state index contributed by atoms with van der Waals surface area (Å²) in [6.07, 6.45) is 3.01. The second kappa shape index (κ2) is 7.60. The molecule has 6 heteroatoms. The summed E-state index contributed by atoms with van der Waals surface area (Å²) >= 11 is 0. The number of pyridine rings is 1. The van der Waals surface area contributed by atoms with Crippen LogP contribution in [0.5, 0.6) is 0 Å². The van der Waals surface area contributed by atoms with Gasteiger partial charge in [0, 0.05) is 18.9 Å². The second-order valence-corrected chi connectivity index (χ2v) is 4.20. The van der Waals surface area contributed by atoms with Gasteiger partial charge in [0.1, 0.15) is 0 Å². The van der Waals surface area contributed by atoms with E-state index in [9.17, 15) is 4.79 Å². The summed E-state index contributed by atoms with van der Waals surface area (Å²) in [5.74, 6) is 5.35. The average molecular weight is 275 g/mol. The molecule has 1 fully saturated rings. The van der Waals surface area contributed by atoms with Crippen molar-refractivity contribution in [2.24, 2.45) is 5.73 Å². The van der Waals surface area contributed by atoms with Gasteiger partial charge >= 0.3 is 0 Å². The molecule has 0 saturated carbocycles. The van der Waals surface area contributed by atoms with Crippen molar-refractivity contribution in [3.05, 3.63) is 29.6 Å². The number of amides is 1. The Bertz CT molecular complexity index is 516. The highest BCUT2D eigenvalue weighted by atomic mass is 16.6. The van der Waals surface area contributed by atoms with Crippen LogP contribution < -0.4 is 11.1 Å². The van der Waals surface area contributed by atoms with Gasteiger partial charge in [-0.3, -0.25) is 9.78 Å². The standard InChI is InChI=1S/C14H17N3O3/c15-4-1-2-11-8-16-5-3-13(11)14(18)17-9-12-10-19-6-7-20-12/h3,5,8,12H,4,6-7,9-10,15H2,(H,17,18). The Kier molecular flexibility index (Phi) is 5.50. The van der Waals surface area contributed by atoms with Crippen LogP contribution >= 0.6 is 0 Å². The lowest BCUT2D eigenvalue weighted by Gasteiger charge is -2.23. The number of rotatable bonds is 3. The Morgan fingerprint density at radius 1 is 1.55 bits per heavy atom. The van der Waals surface area contributed by atoms with E-state index in [0.717, 1.165) is 0 Å². The van der Waals surface area contributed by atoms with Gasteiger partial charge in [-0.1, -0.05) is 11.8 Å². The summed E-state index contributed by atoms with van der Waals surface area (Å²) in [7, 11) is 0. The van der Waals surface area contributed by atoms with Gasteiger partial charge < -0.3 is 20.5 Å². The van der Waals surface area contributed by atoms with E-state index in [1.807, 2.05) is 0 Å². The first-order valence-electron chi connectivity index (χ1n) is 6.41. The molecule has 1 aromatic heterocycles. The van der Waals surface area contributed by atoms with Crippen LogP contribution in [0.25, 0.3) is 0 Å². The number of aromatic nitrogens is 1. The van der Waals surface area contributed by atoms with Crippen molar-refractivity contribution in [1.82, 2.24) is 10.3 Å². The van der Waals surface area contributed by atoms with Gasteiger partial charge in [-0.05, 0) is 6.07 Å². The molecule has 106 valence electrons. The maximum atomic E-state index is 12.1. The number of carbonyl (C=O) groups excluding carboxylic acids is 1. The highest BCUT2D eigenvalue weighted by Crippen LogP contribution is 2.06. The number of nitrogens with zero attached hydrogens (tertiary/aromatic N) is 1. The van der Waals surface area contributed by atoms with Crippen LogP contribution in [0.15, 0.2) is 18.5 Å². The summed E-state index contributed by atoms with van der Waals surface area (Å²) in [4.78, 5) is 16.1. The van der Waals surface area contributed by atoms with E-state index in [1.54, 1.807) is 18.5 Å². The molecule has 1 aromatic rings. The lowest BCUT2D eigenvalue weighted by atomic mass is 10.1. The Morgan fingerprint density at radius 2 is 2.45 bits per heavy atom. The lowest BCUT2D eigenvalue weighted by molar-refractivity contribution is -0.0855. The SMILES string of the molecule is NCC#Cc1cnccc1C(=O)NCC1COCCO1. The molecular weight excluding hydrogens is 258 g/mol. The van der Waals surface area contributed by atoms with Crippen molar-refractivity contribution in [3.63, 3.8) is 0 Å². The molecule has 1 saturated heterocycles. The average Bonchev–Trinajstić information content (AvgIpc) is 2.52. The normalized spacial score (nSPS) is 17.9. The van der Waals surface area contributed by atoms with Crippen LogP contribution in [-0.2, 0) is 9.47 Å². The Balaban J connectivity index is 1.97. The summed E-state index contributed by atoms with van der Waals surface area (Å²) < 4.78 is 10.7. The van der Waals surface area contributed by atoms with Crippen molar-refractivity contribution in [3.8, 4) is 11.8 Å². The number of ether oxygens (including phenoxy) is 2. The number of hydrogen-bond donors (Lipinski definition) is 2. The fraction of sp³-hybridized carbons (Fsp3) is 0.429. The number of nitrogens with one attached hydrogen (secondary N) is 1. The Hall–Kier alpha value is -1.94. The molecule has 0 bridgehead atoms. The predicted molar refractivity (Wildman–Crippen MR) is 73.1 cm³/mol. The zero-order valence-corrected chi connectivity index (χ0v) is 11.1. The van der Waals surface area contributed by atoms with Gasteiger partial charge in [0.25, 0.3) is 5.91 Å². The summed E-state index contributed by atoms with van der Waals surface area (Å²) in [5, 5.41) is 2.81. The van der Waals surface area contributed by atoms with Crippen LogP contribution in [0.4, 0.5) is 0 Å². The summed E-state index contributed by atoms with van der Waals surface area (Å²) in [5.41, 5.74) is 6.38. The Labute approximate surface area is 117 Å². The van der Waals surface area contributed by atoms with E-state index in [2.05, 4.69) is 22.1 Å². The van der Waals surface area contributed by atoms with E-state index >= 15 is 0 Å². The molecule has 3 N–H and O–H groups in total. The first-order chi connectivity index (χ1) is 9.81. The predicted octanol–water partition coefficient (Wildman–Crippen LogP) is -0.463. The lowest BCUT2D eigenvalue weighted by Crippen LogP contribution is -2.39. The van der Waals surface area contributed by atoms with E-state index < -0.39 is 0 Å². The third-order valence-electron chi connectivity index (χ3n) is 2.77. The molecular formula is C14H17N3O3. The smallest absolute Gasteiger partial charge is 0.252 e. The fourth-order valence-electron chi connectivity index (χ4n) is 1.79. The molecule has 20 heavy (non-hydrogen) atoms. The summed E-state index contributed by atoms with van der Waals surface area (Å²) in [6.45, 7) is 2.31. The third-order valence-corrected chi connectivity index (χ3v) is 2.77. The van der Waals surface area contributed by atoms with Crippen LogP contribution in [0.3, 0.4) is 0 Å². The number of carbonyl (C=O) groups is 1. The molecule has 1 unspecified atom stereocenters. The maximum absolute atomic E-state index is 12.1. The minimum absolute atomic E-state index is 0.104. The molecule has 1 amide bonds. The quantitative estimate of drug-likeness (QED) is 0.729. The molecule has 1 aliphatic heterocycles. The van der Waals surface area contributed by atoms with Gasteiger partial charge in [-0.2, -0.15) is 0 Å². The van der Waals surface area contributed by atoms with E-state index in [4.69, 9.17) is 15.2 Å².